The fraction of sp³-hybridized carbons (Fsp3) is 0.625. The van der Waals surface area contributed by atoms with Gasteiger partial charge in [-0.2, -0.15) is 0 Å². The van der Waals surface area contributed by atoms with Gasteiger partial charge in [0.25, 0.3) is 0 Å². The second-order valence-electron chi connectivity index (χ2n) is 4.96. The Morgan fingerprint density at radius 3 is 2.86 bits per heavy atom. The Hall–Kier alpha value is -1.78. The number of aromatic nitrogens is 1. The van der Waals surface area contributed by atoms with Crippen LogP contribution in [0.4, 0.5) is 0 Å². The van der Waals surface area contributed by atoms with Gasteiger partial charge in [0.2, 0.25) is 5.88 Å². The molecule has 0 saturated carbocycles. The summed E-state index contributed by atoms with van der Waals surface area (Å²) in [6.07, 6.45) is 3.78. The molecule has 5 heteroatoms. The molecule has 0 saturated heterocycles. The molecule has 5 nitrogen and oxygen atoms in total. The van der Waals surface area contributed by atoms with E-state index < -0.39 is 0 Å². The Balaban J connectivity index is 2.74. The number of nitrogens with zero attached hydrogens (tertiary/aromatic N) is 2. The molecule has 1 rings (SSSR count). The monoisotopic (exact) mass is 292 g/mol. The number of guanidine groups is 1. The first-order valence-electron chi connectivity index (χ1n) is 7.82. The summed E-state index contributed by atoms with van der Waals surface area (Å²) in [5.74, 6) is 1.51. The van der Waals surface area contributed by atoms with Crippen molar-refractivity contribution in [1.82, 2.24) is 15.6 Å². The fourth-order valence-corrected chi connectivity index (χ4v) is 1.69. The van der Waals surface area contributed by atoms with Crippen LogP contribution in [0, 0.1) is 0 Å². The Morgan fingerprint density at radius 2 is 2.19 bits per heavy atom. The number of rotatable bonds is 8. The lowest BCUT2D eigenvalue weighted by molar-refractivity contribution is 0.302. The first-order valence-corrected chi connectivity index (χ1v) is 7.82. The van der Waals surface area contributed by atoms with Crippen molar-refractivity contribution >= 4 is 5.96 Å². The molecule has 0 aromatic carbocycles. The highest BCUT2D eigenvalue weighted by molar-refractivity contribution is 5.80. The van der Waals surface area contributed by atoms with Crippen molar-refractivity contribution in [2.45, 2.75) is 53.1 Å². The Kier molecular flexibility index (Phi) is 8.24. The van der Waals surface area contributed by atoms with Crippen LogP contribution in [0.5, 0.6) is 5.88 Å². The molecule has 1 aromatic rings. The van der Waals surface area contributed by atoms with E-state index in [1.807, 2.05) is 12.1 Å². The first kappa shape index (κ1) is 17.3. The minimum Gasteiger partial charge on any atom is -0.477 e. The lowest BCUT2D eigenvalue weighted by Crippen LogP contribution is -2.41. The largest absolute Gasteiger partial charge is 0.477 e. The molecule has 2 N–H and O–H groups in total. The Morgan fingerprint density at radius 1 is 1.38 bits per heavy atom. The quantitative estimate of drug-likeness (QED) is 0.571. The molecule has 0 aliphatic carbocycles. The summed E-state index contributed by atoms with van der Waals surface area (Å²) in [6.45, 7) is 10.5. The topological polar surface area (TPSA) is 58.5 Å². The average Bonchev–Trinajstić information content (AvgIpc) is 2.51. The van der Waals surface area contributed by atoms with Crippen molar-refractivity contribution in [3.8, 4) is 5.88 Å². The van der Waals surface area contributed by atoms with Crippen molar-refractivity contribution < 1.29 is 4.74 Å². The molecule has 0 fully saturated rings. The van der Waals surface area contributed by atoms with Crippen molar-refractivity contribution in [3.05, 3.63) is 23.9 Å². The number of pyridine rings is 1. The fourth-order valence-electron chi connectivity index (χ4n) is 1.69. The molecule has 0 radical (unpaired) electrons. The van der Waals surface area contributed by atoms with Gasteiger partial charge in [-0.05, 0) is 32.8 Å². The molecule has 21 heavy (non-hydrogen) atoms. The zero-order valence-corrected chi connectivity index (χ0v) is 13.6. The van der Waals surface area contributed by atoms with Crippen molar-refractivity contribution in [2.75, 3.05) is 13.2 Å². The predicted octanol–water partition coefficient (Wildman–Crippen LogP) is 2.72. The molecule has 0 spiro atoms. The molecule has 118 valence electrons. The van der Waals surface area contributed by atoms with Gasteiger partial charge in [0.15, 0.2) is 5.96 Å². The van der Waals surface area contributed by atoms with Gasteiger partial charge in [0, 0.05) is 24.3 Å². The molecule has 0 aliphatic heterocycles. The number of nitrogens with one attached hydrogen (secondary N) is 2. The molecule has 1 aromatic heterocycles. The number of ether oxygens (including phenoxy) is 1. The van der Waals surface area contributed by atoms with E-state index in [0.29, 0.717) is 25.1 Å². The second kappa shape index (κ2) is 10.0. The van der Waals surface area contributed by atoms with Crippen LogP contribution in [0.1, 0.15) is 46.1 Å². The number of aliphatic imine (C=N–C) groups is 1. The Labute approximate surface area is 128 Å². The highest BCUT2D eigenvalue weighted by Gasteiger charge is 2.06. The molecular formula is C16H28N4O. The van der Waals surface area contributed by atoms with Crippen molar-refractivity contribution in [2.24, 2.45) is 4.99 Å². The van der Waals surface area contributed by atoms with Crippen molar-refractivity contribution in [1.29, 1.82) is 0 Å². The zero-order valence-electron chi connectivity index (χ0n) is 13.6. The van der Waals surface area contributed by atoms with E-state index in [1.165, 1.54) is 0 Å². The van der Waals surface area contributed by atoms with Crippen LogP contribution in [-0.2, 0) is 6.54 Å². The number of hydrogen-bond acceptors (Lipinski definition) is 3. The van der Waals surface area contributed by atoms with Crippen LogP contribution >= 0.6 is 0 Å². The normalized spacial score (nSPS) is 12.9. The molecule has 0 aliphatic rings. The van der Waals surface area contributed by atoms with Gasteiger partial charge >= 0.3 is 0 Å². The maximum Gasteiger partial charge on any atom is 0.218 e. The van der Waals surface area contributed by atoms with Crippen LogP contribution in [0.3, 0.4) is 0 Å². The lowest BCUT2D eigenvalue weighted by atomic mass is 10.2. The van der Waals surface area contributed by atoms with Crippen LogP contribution in [0.2, 0.25) is 0 Å². The van der Waals surface area contributed by atoms with Crippen molar-refractivity contribution in [3.63, 3.8) is 0 Å². The molecule has 1 heterocycles. The molecule has 1 atom stereocenters. The van der Waals surface area contributed by atoms with E-state index in [0.717, 1.165) is 30.9 Å². The van der Waals surface area contributed by atoms with Gasteiger partial charge in [-0.3, -0.25) is 0 Å². The predicted molar refractivity (Wildman–Crippen MR) is 87.7 cm³/mol. The van der Waals surface area contributed by atoms with Gasteiger partial charge in [-0.15, -0.1) is 0 Å². The average molecular weight is 292 g/mol. The van der Waals surface area contributed by atoms with Crippen LogP contribution in [0.15, 0.2) is 23.3 Å². The summed E-state index contributed by atoms with van der Waals surface area (Å²) in [6, 6.07) is 4.32. The van der Waals surface area contributed by atoms with E-state index in [-0.39, 0.29) is 0 Å². The van der Waals surface area contributed by atoms with E-state index in [9.17, 15) is 0 Å². The van der Waals surface area contributed by atoms with Gasteiger partial charge < -0.3 is 15.4 Å². The van der Waals surface area contributed by atoms with Gasteiger partial charge in [0.1, 0.15) is 0 Å². The van der Waals surface area contributed by atoms with Crippen LogP contribution in [-0.4, -0.2) is 30.1 Å². The van der Waals surface area contributed by atoms with E-state index in [4.69, 9.17) is 4.74 Å². The molecule has 0 bridgehead atoms. The number of hydrogen-bond donors (Lipinski definition) is 2. The maximum atomic E-state index is 5.66. The highest BCUT2D eigenvalue weighted by atomic mass is 16.5. The molecular weight excluding hydrogens is 264 g/mol. The zero-order chi connectivity index (χ0) is 15.5. The van der Waals surface area contributed by atoms with E-state index in [2.05, 4.69) is 48.3 Å². The van der Waals surface area contributed by atoms with Gasteiger partial charge in [-0.25, -0.2) is 9.98 Å². The minimum atomic E-state index is 0.396. The summed E-state index contributed by atoms with van der Waals surface area (Å²) in [5, 5.41) is 6.64. The van der Waals surface area contributed by atoms with Gasteiger partial charge in [-0.1, -0.05) is 19.9 Å². The minimum absolute atomic E-state index is 0.396. The lowest BCUT2D eigenvalue weighted by Gasteiger charge is -2.16. The van der Waals surface area contributed by atoms with E-state index in [1.54, 1.807) is 6.20 Å². The summed E-state index contributed by atoms with van der Waals surface area (Å²) in [7, 11) is 0. The molecule has 1 unspecified atom stereocenters. The summed E-state index contributed by atoms with van der Waals surface area (Å²) in [4.78, 5) is 8.90. The van der Waals surface area contributed by atoms with E-state index >= 15 is 0 Å². The third kappa shape index (κ3) is 6.47. The highest BCUT2D eigenvalue weighted by Crippen LogP contribution is 2.15. The van der Waals surface area contributed by atoms with Crippen LogP contribution < -0.4 is 15.4 Å². The summed E-state index contributed by atoms with van der Waals surface area (Å²) >= 11 is 0. The second-order valence-corrected chi connectivity index (χ2v) is 4.96. The van der Waals surface area contributed by atoms with Crippen LogP contribution in [0.25, 0.3) is 0 Å². The smallest absolute Gasteiger partial charge is 0.218 e. The molecule has 0 amide bonds. The van der Waals surface area contributed by atoms with Gasteiger partial charge in [0.05, 0.1) is 13.2 Å². The summed E-state index contributed by atoms with van der Waals surface area (Å²) in [5.41, 5.74) is 1.01. The summed E-state index contributed by atoms with van der Waals surface area (Å²) < 4.78 is 5.66. The maximum absolute atomic E-state index is 5.66. The third-order valence-electron chi connectivity index (χ3n) is 3.04. The standard InChI is InChI=1S/C16H28N4O/c1-5-11-21-15-14(9-8-10-18-15)12-19-16(17-7-3)20-13(4)6-2/h8-10,13H,5-7,11-12H2,1-4H3,(H2,17,19,20). The first-order chi connectivity index (χ1) is 10.2. The Bertz CT molecular complexity index is 434. The third-order valence-corrected chi connectivity index (χ3v) is 3.04. The SMILES string of the molecule is CCCOc1ncccc1CN=C(NCC)NC(C)CC.